The molecule has 0 amide bonds. The normalized spacial score (nSPS) is 14.1. The average Bonchev–Trinajstić information content (AvgIpc) is 3.10. The summed E-state index contributed by atoms with van der Waals surface area (Å²) >= 11 is 1.73. The maximum atomic E-state index is 12.7. The fourth-order valence-electron chi connectivity index (χ4n) is 3.63. The summed E-state index contributed by atoms with van der Waals surface area (Å²) in [5.74, 6) is -0.687. The molecule has 3 rings (SSSR count). The molecule has 4 nitrogen and oxygen atoms in total. The van der Waals surface area contributed by atoms with Crippen LogP contribution in [0.4, 0.5) is 0 Å². The number of esters is 2. The van der Waals surface area contributed by atoms with Gasteiger partial charge < -0.3 is 9.47 Å². The Morgan fingerprint density at radius 3 is 2.45 bits per heavy atom. The van der Waals surface area contributed by atoms with E-state index >= 15 is 0 Å². The molecule has 33 heavy (non-hydrogen) atoms. The van der Waals surface area contributed by atoms with Crippen molar-refractivity contribution in [3.05, 3.63) is 64.2 Å². The van der Waals surface area contributed by atoms with Crippen LogP contribution in [0, 0.1) is 5.41 Å². The summed E-state index contributed by atoms with van der Waals surface area (Å²) in [7, 11) is 0. The Bertz CT molecular complexity index is 1120. The molecule has 1 aliphatic rings. The van der Waals surface area contributed by atoms with Gasteiger partial charge in [-0.25, -0.2) is 4.79 Å². The van der Waals surface area contributed by atoms with Gasteiger partial charge in [-0.15, -0.1) is 11.8 Å². The van der Waals surface area contributed by atoms with Crippen molar-refractivity contribution < 1.29 is 19.1 Å². The number of rotatable bonds is 7. The lowest BCUT2D eigenvalue weighted by Gasteiger charge is -2.18. The fourth-order valence-corrected chi connectivity index (χ4v) is 4.08. The van der Waals surface area contributed by atoms with Crippen molar-refractivity contribution in [2.75, 3.05) is 12.9 Å². The van der Waals surface area contributed by atoms with Crippen LogP contribution in [-0.2, 0) is 9.53 Å². The van der Waals surface area contributed by atoms with Gasteiger partial charge >= 0.3 is 11.9 Å². The second kappa shape index (κ2) is 10.4. The highest BCUT2D eigenvalue weighted by Gasteiger charge is 2.26. The van der Waals surface area contributed by atoms with E-state index in [1.165, 1.54) is 21.6 Å². The number of thioether (sulfide) groups is 1. The number of carbonyl (C=O) groups is 2. The van der Waals surface area contributed by atoms with E-state index < -0.39 is 17.4 Å². The Hall–Kier alpha value is -2.79. The molecule has 5 heteroatoms. The van der Waals surface area contributed by atoms with Crippen molar-refractivity contribution >= 4 is 41.4 Å². The SMILES string of the molecule is CCCC1=Cc2cc(SC)ccc2C1=Cc1ccc(OC(=O)C(C)(C)C)c(C(=O)OCC)c1. The number of fused-ring (bicyclic) bond motifs is 1. The lowest BCUT2D eigenvalue weighted by molar-refractivity contribution is -0.143. The molecular weight excluding hydrogens is 432 g/mol. The molecule has 0 fully saturated rings. The molecule has 174 valence electrons. The van der Waals surface area contributed by atoms with Crippen LogP contribution in [-0.4, -0.2) is 24.8 Å². The summed E-state index contributed by atoms with van der Waals surface area (Å²) in [5.41, 5.74) is 5.28. The van der Waals surface area contributed by atoms with Gasteiger partial charge in [-0.05, 0) is 98.5 Å². The molecular formula is C28H32O4S. The molecule has 0 N–H and O–H groups in total. The van der Waals surface area contributed by atoms with Crippen LogP contribution in [0.2, 0.25) is 0 Å². The van der Waals surface area contributed by atoms with Gasteiger partial charge in [-0.2, -0.15) is 0 Å². The molecule has 0 unspecified atom stereocenters. The number of benzene rings is 2. The first kappa shape index (κ1) is 24.8. The lowest BCUT2D eigenvalue weighted by Crippen LogP contribution is -2.26. The molecule has 0 atom stereocenters. The Kier molecular flexibility index (Phi) is 7.85. The van der Waals surface area contributed by atoms with E-state index in [1.807, 2.05) is 6.07 Å². The Morgan fingerprint density at radius 1 is 1.06 bits per heavy atom. The summed E-state index contributed by atoms with van der Waals surface area (Å²) in [5, 5.41) is 0. The molecule has 2 aromatic carbocycles. The van der Waals surface area contributed by atoms with Gasteiger partial charge in [0.05, 0.1) is 12.0 Å². The first-order valence-electron chi connectivity index (χ1n) is 11.3. The highest BCUT2D eigenvalue weighted by Crippen LogP contribution is 2.40. The van der Waals surface area contributed by atoms with Crippen LogP contribution >= 0.6 is 11.8 Å². The first-order valence-corrected chi connectivity index (χ1v) is 12.5. The largest absolute Gasteiger partial charge is 0.462 e. The van der Waals surface area contributed by atoms with Crippen LogP contribution in [0.1, 0.15) is 74.5 Å². The number of ether oxygens (including phenoxy) is 2. The van der Waals surface area contributed by atoms with Crippen molar-refractivity contribution in [3.63, 3.8) is 0 Å². The lowest BCUT2D eigenvalue weighted by atomic mass is 9.96. The van der Waals surface area contributed by atoms with E-state index in [1.54, 1.807) is 51.6 Å². The van der Waals surface area contributed by atoms with Crippen LogP contribution in [0.5, 0.6) is 5.75 Å². The molecule has 0 saturated heterocycles. The summed E-state index contributed by atoms with van der Waals surface area (Å²) in [6.45, 7) is 9.50. The van der Waals surface area contributed by atoms with Crippen LogP contribution < -0.4 is 4.74 Å². The van der Waals surface area contributed by atoms with Gasteiger partial charge in [0, 0.05) is 4.90 Å². The zero-order chi connectivity index (χ0) is 24.2. The predicted molar refractivity (Wildman–Crippen MR) is 136 cm³/mol. The monoisotopic (exact) mass is 464 g/mol. The van der Waals surface area contributed by atoms with Crippen molar-refractivity contribution in [1.29, 1.82) is 0 Å². The summed E-state index contributed by atoms with van der Waals surface area (Å²) in [6, 6.07) is 11.8. The topological polar surface area (TPSA) is 52.6 Å². The molecule has 0 radical (unpaired) electrons. The van der Waals surface area contributed by atoms with Crippen molar-refractivity contribution in [2.24, 2.45) is 5.41 Å². The second-order valence-electron chi connectivity index (χ2n) is 9.05. The third kappa shape index (κ3) is 5.77. The van der Waals surface area contributed by atoms with Crippen molar-refractivity contribution in [1.82, 2.24) is 0 Å². The standard InChI is InChI=1S/C28H32O4S/c1-7-9-19-16-20-17-21(33-6)11-12-22(20)23(19)14-18-10-13-25(32-27(30)28(3,4)5)24(15-18)26(29)31-8-2/h10-17H,7-9H2,1-6H3. The third-order valence-electron chi connectivity index (χ3n) is 5.37. The molecule has 0 bridgehead atoms. The molecule has 0 aromatic heterocycles. The van der Waals surface area contributed by atoms with E-state index in [0.717, 1.165) is 24.0 Å². The zero-order valence-corrected chi connectivity index (χ0v) is 21.1. The highest BCUT2D eigenvalue weighted by molar-refractivity contribution is 7.98. The molecule has 0 heterocycles. The minimum absolute atomic E-state index is 0.219. The van der Waals surface area contributed by atoms with Gasteiger partial charge in [-0.3, -0.25) is 4.79 Å². The third-order valence-corrected chi connectivity index (χ3v) is 6.09. The summed E-state index contributed by atoms with van der Waals surface area (Å²) in [6.07, 6.45) is 8.46. The highest BCUT2D eigenvalue weighted by atomic mass is 32.2. The van der Waals surface area contributed by atoms with Crippen LogP contribution in [0.15, 0.2) is 46.9 Å². The summed E-state index contributed by atoms with van der Waals surface area (Å²) < 4.78 is 10.8. The molecule has 0 spiro atoms. The van der Waals surface area contributed by atoms with Crippen molar-refractivity contribution in [2.45, 2.75) is 52.4 Å². The van der Waals surface area contributed by atoms with Gasteiger partial charge in [0.15, 0.2) is 0 Å². The quantitative estimate of drug-likeness (QED) is 0.245. The van der Waals surface area contributed by atoms with Crippen LogP contribution in [0.3, 0.4) is 0 Å². The molecule has 0 aliphatic heterocycles. The maximum absolute atomic E-state index is 12.7. The maximum Gasteiger partial charge on any atom is 0.341 e. The minimum atomic E-state index is -0.685. The second-order valence-corrected chi connectivity index (χ2v) is 9.93. The van der Waals surface area contributed by atoms with Crippen molar-refractivity contribution in [3.8, 4) is 5.75 Å². The van der Waals surface area contributed by atoms with E-state index in [9.17, 15) is 9.59 Å². The van der Waals surface area contributed by atoms with E-state index in [0.29, 0.717) is 0 Å². The number of hydrogen-bond acceptors (Lipinski definition) is 5. The molecule has 2 aromatic rings. The first-order chi connectivity index (χ1) is 15.7. The Morgan fingerprint density at radius 2 is 1.82 bits per heavy atom. The van der Waals surface area contributed by atoms with E-state index in [-0.39, 0.29) is 17.9 Å². The number of allylic oxidation sites excluding steroid dienone is 2. The number of carbonyl (C=O) groups excluding carboxylic acids is 2. The predicted octanol–water partition coefficient (Wildman–Crippen LogP) is 7.27. The van der Waals surface area contributed by atoms with Gasteiger partial charge in [0.25, 0.3) is 0 Å². The summed E-state index contributed by atoms with van der Waals surface area (Å²) in [4.78, 5) is 26.3. The zero-order valence-electron chi connectivity index (χ0n) is 20.3. The van der Waals surface area contributed by atoms with Crippen LogP contribution in [0.25, 0.3) is 17.7 Å². The van der Waals surface area contributed by atoms with E-state index in [2.05, 4.69) is 43.5 Å². The van der Waals surface area contributed by atoms with Gasteiger partial charge in [-0.1, -0.05) is 31.6 Å². The fraction of sp³-hybridized carbons (Fsp3) is 0.357. The minimum Gasteiger partial charge on any atom is -0.462 e. The Balaban J connectivity index is 2.05. The van der Waals surface area contributed by atoms with Gasteiger partial charge in [0.1, 0.15) is 11.3 Å². The average molecular weight is 465 g/mol. The van der Waals surface area contributed by atoms with Gasteiger partial charge in [0.2, 0.25) is 0 Å². The molecule has 1 aliphatic carbocycles. The smallest absolute Gasteiger partial charge is 0.341 e. The number of hydrogen-bond donors (Lipinski definition) is 0. The Labute approximate surface area is 201 Å². The van der Waals surface area contributed by atoms with E-state index in [4.69, 9.17) is 9.47 Å². The molecule has 0 saturated carbocycles.